The van der Waals surface area contributed by atoms with Crippen molar-refractivity contribution in [3.8, 4) is 0 Å². The van der Waals surface area contributed by atoms with E-state index in [-0.39, 0.29) is 5.91 Å². The van der Waals surface area contributed by atoms with Gasteiger partial charge in [0.05, 0.1) is 6.42 Å². The Morgan fingerprint density at radius 1 is 1.11 bits per heavy atom. The first-order chi connectivity index (χ1) is 8.72. The molecule has 0 aromatic heterocycles. The molecule has 1 aromatic carbocycles. The van der Waals surface area contributed by atoms with Crippen LogP contribution in [0.4, 0.5) is 5.69 Å². The minimum atomic E-state index is 0.0928. The SMILES string of the molecule is CCCCCCCNC(=O)Cc1ccc(N)cc1. The van der Waals surface area contributed by atoms with Crippen molar-refractivity contribution < 1.29 is 4.79 Å². The molecule has 18 heavy (non-hydrogen) atoms. The average Bonchev–Trinajstić information content (AvgIpc) is 2.36. The molecule has 3 N–H and O–H groups in total. The summed E-state index contributed by atoms with van der Waals surface area (Å²) in [6.07, 6.45) is 6.53. The second-order valence-corrected chi connectivity index (χ2v) is 4.68. The normalized spacial score (nSPS) is 10.3. The fraction of sp³-hybridized carbons (Fsp3) is 0.533. The van der Waals surface area contributed by atoms with E-state index in [1.54, 1.807) is 0 Å². The van der Waals surface area contributed by atoms with E-state index in [1.165, 1.54) is 25.7 Å². The highest BCUT2D eigenvalue weighted by atomic mass is 16.1. The Labute approximate surface area is 110 Å². The summed E-state index contributed by atoms with van der Waals surface area (Å²) in [6.45, 7) is 2.99. The van der Waals surface area contributed by atoms with Gasteiger partial charge in [0.2, 0.25) is 5.91 Å². The Hall–Kier alpha value is -1.51. The highest BCUT2D eigenvalue weighted by Crippen LogP contribution is 2.06. The quantitative estimate of drug-likeness (QED) is 0.549. The molecule has 0 unspecified atom stereocenters. The van der Waals surface area contributed by atoms with Gasteiger partial charge in [0.25, 0.3) is 0 Å². The van der Waals surface area contributed by atoms with Crippen LogP contribution in [0.15, 0.2) is 24.3 Å². The molecule has 0 spiro atoms. The van der Waals surface area contributed by atoms with E-state index >= 15 is 0 Å². The van der Waals surface area contributed by atoms with Crippen LogP contribution in [-0.2, 0) is 11.2 Å². The molecule has 0 saturated heterocycles. The van der Waals surface area contributed by atoms with Crippen molar-refractivity contribution in [1.82, 2.24) is 5.32 Å². The van der Waals surface area contributed by atoms with Crippen molar-refractivity contribution in [1.29, 1.82) is 0 Å². The zero-order valence-corrected chi connectivity index (χ0v) is 11.2. The Morgan fingerprint density at radius 2 is 1.78 bits per heavy atom. The number of carbonyl (C=O) groups excluding carboxylic acids is 1. The largest absolute Gasteiger partial charge is 0.399 e. The molecule has 0 heterocycles. The van der Waals surface area contributed by atoms with Crippen LogP contribution in [-0.4, -0.2) is 12.5 Å². The minimum absolute atomic E-state index is 0.0928. The van der Waals surface area contributed by atoms with E-state index in [0.29, 0.717) is 6.42 Å². The summed E-state index contributed by atoms with van der Waals surface area (Å²) in [5.41, 5.74) is 7.33. The lowest BCUT2D eigenvalue weighted by Crippen LogP contribution is -2.26. The molecule has 0 aliphatic carbocycles. The molecule has 0 aliphatic rings. The smallest absolute Gasteiger partial charge is 0.224 e. The lowest BCUT2D eigenvalue weighted by Gasteiger charge is -2.05. The maximum atomic E-state index is 11.6. The van der Waals surface area contributed by atoms with Crippen LogP contribution in [0.3, 0.4) is 0 Å². The molecule has 0 bridgehead atoms. The lowest BCUT2D eigenvalue weighted by atomic mass is 10.1. The third-order valence-electron chi connectivity index (χ3n) is 2.95. The summed E-state index contributed by atoms with van der Waals surface area (Å²) in [6, 6.07) is 7.45. The Bertz CT molecular complexity index is 346. The van der Waals surface area contributed by atoms with Crippen molar-refractivity contribution in [2.24, 2.45) is 0 Å². The number of carbonyl (C=O) groups is 1. The first-order valence-corrected chi connectivity index (χ1v) is 6.83. The summed E-state index contributed by atoms with van der Waals surface area (Å²) in [7, 11) is 0. The van der Waals surface area contributed by atoms with Crippen molar-refractivity contribution in [3.05, 3.63) is 29.8 Å². The third-order valence-corrected chi connectivity index (χ3v) is 2.95. The van der Waals surface area contributed by atoms with E-state index in [2.05, 4.69) is 12.2 Å². The van der Waals surface area contributed by atoms with Crippen LogP contribution in [0, 0.1) is 0 Å². The number of nitrogens with two attached hydrogens (primary N) is 1. The number of nitrogen functional groups attached to an aromatic ring is 1. The van der Waals surface area contributed by atoms with Crippen molar-refractivity contribution in [3.63, 3.8) is 0 Å². The van der Waals surface area contributed by atoms with Crippen molar-refractivity contribution in [2.45, 2.75) is 45.4 Å². The molecular formula is C15H24N2O. The predicted molar refractivity (Wildman–Crippen MR) is 76.3 cm³/mol. The van der Waals surface area contributed by atoms with Gasteiger partial charge in [-0.25, -0.2) is 0 Å². The number of unbranched alkanes of at least 4 members (excludes halogenated alkanes) is 4. The first kappa shape index (κ1) is 14.6. The van der Waals surface area contributed by atoms with Gasteiger partial charge in [0.1, 0.15) is 0 Å². The van der Waals surface area contributed by atoms with Crippen molar-refractivity contribution in [2.75, 3.05) is 12.3 Å². The number of anilines is 1. The molecule has 3 heteroatoms. The zero-order valence-electron chi connectivity index (χ0n) is 11.2. The zero-order chi connectivity index (χ0) is 13.2. The third kappa shape index (κ3) is 6.28. The van der Waals surface area contributed by atoms with Gasteiger partial charge < -0.3 is 11.1 Å². The molecule has 3 nitrogen and oxygen atoms in total. The van der Waals surface area contributed by atoms with E-state index in [1.807, 2.05) is 24.3 Å². The fourth-order valence-corrected chi connectivity index (χ4v) is 1.84. The van der Waals surface area contributed by atoms with Gasteiger partial charge >= 0.3 is 0 Å². The van der Waals surface area contributed by atoms with Crippen LogP contribution in [0.2, 0.25) is 0 Å². The molecular weight excluding hydrogens is 224 g/mol. The average molecular weight is 248 g/mol. The van der Waals surface area contributed by atoms with E-state index in [9.17, 15) is 4.79 Å². The summed E-state index contributed by atoms with van der Waals surface area (Å²) < 4.78 is 0. The number of hydrogen-bond acceptors (Lipinski definition) is 2. The van der Waals surface area contributed by atoms with E-state index in [0.717, 1.165) is 24.2 Å². The number of benzene rings is 1. The first-order valence-electron chi connectivity index (χ1n) is 6.83. The van der Waals surface area contributed by atoms with Gasteiger partial charge in [-0.3, -0.25) is 4.79 Å². The molecule has 100 valence electrons. The van der Waals surface area contributed by atoms with Crippen LogP contribution in [0.25, 0.3) is 0 Å². The fourth-order valence-electron chi connectivity index (χ4n) is 1.84. The van der Waals surface area contributed by atoms with Gasteiger partial charge in [-0.05, 0) is 24.1 Å². The second-order valence-electron chi connectivity index (χ2n) is 4.68. The Balaban J connectivity index is 2.12. The number of rotatable bonds is 8. The summed E-state index contributed by atoms with van der Waals surface area (Å²) >= 11 is 0. The van der Waals surface area contributed by atoms with Gasteiger partial charge in [0.15, 0.2) is 0 Å². The second kappa shape index (κ2) is 8.56. The molecule has 0 atom stereocenters. The highest BCUT2D eigenvalue weighted by molar-refractivity contribution is 5.78. The molecule has 0 saturated carbocycles. The van der Waals surface area contributed by atoms with Gasteiger partial charge in [0, 0.05) is 12.2 Å². The molecule has 0 fully saturated rings. The standard InChI is InChI=1S/C15H24N2O/c1-2-3-4-5-6-11-17-15(18)12-13-7-9-14(16)10-8-13/h7-10H,2-6,11-12,16H2,1H3,(H,17,18). The Morgan fingerprint density at radius 3 is 2.44 bits per heavy atom. The van der Waals surface area contributed by atoms with E-state index in [4.69, 9.17) is 5.73 Å². The van der Waals surface area contributed by atoms with Gasteiger partial charge in [-0.1, -0.05) is 44.7 Å². The Kier molecular flexibility index (Phi) is 6.92. The monoisotopic (exact) mass is 248 g/mol. The molecule has 1 amide bonds. The number of nitrogens with one attached hydrogen (secondary N) is 1. The van der Waals surface area contributed by atoms with Crippen molar-refractivity contribution >= 4 is 11.6 Å². The van der Waals surface area contributed by atoms with Crippen LogP contribution in [0.1, 0.15) is 44.6 Å². The molecule has 1 aromatic rings. The lowest BCUT2D eigenvalue weighted by molar-refractivity contribution is -0.120. The van der Waals surface area contributed by atoms with Crippen LogP contribution in [0.5, 0.6) is 0 Å². The predicted octanol–water partition coefficient (Wildman–Crippen LogP) is 2.90. The molecule has 1 rings (SSSR count). The summed E-state index contributed by atoms with van der Waals surface area (Å²) in [5, 5.41) is 2.95. The number of hydrogen-bond donors (Lipinski definition) is 2. The topological polar surface area (TPSA) is 55.1 Å². The van der Waals surface area contributed by atoms with Crippen LogP contribution >= 0.6 is 0 Å². The maximum Gasteiger partial charge on any atom is 0.224 e. The highest BCUT2D eigenvalue weighted by Gasteiger charge is 2.02. The summed E-state index contributed by atoms with van der Waals surface area (Å²) in [5.74, 6) is 0.0928. The molecule has 0 radical (unpaired) electrons. The van der Waals surface area contributed by atoms with Gasteiger partial charge in [-0.2, -0.15) is 0 Å². The summed E-state index contributed by atoms with van der Waals surface area (Å²) in [4.78, 5) is 11.6. The van der Waals surface area contributed by atoms with Crippen LogP contribution < -0.4 is 11.1 Å². The number of amides is 1. The minimum Gasteiger partial charge on any atom is -0.399 e. The molecule has 0 aliphatic heterocycles. The maximum absolute atomic E-state index is 11.6. The van der Waals surface area contributed by atoms with Gasteiger partial charge in [-0.15, -0.1) is 0 Å². The van der Waals surface area contributed by atoms with E-state index < -0.39 is 0 Å².